The largest absolute Gasteiger partial charge is 0.395 e. The fourth-order valence-electron chi connectivity index (χ4n) is 1.52. The van der Waals surface area contributed by atoms with Gasteiger partial charge in [-0.05, 0) is 38.1 Å². The number of carbonyl (C=O) groups is 1. The molecule has 0 aliphatic rings. The Kier molecular flexibility index (Phi) is 5.39. The van der Waals surface area contributed by atoms with Crippen LogP contribution >= 0.6 is 0 Å². The molecule has 0 spiro atoms. The molecule has 0 fully saturated rings. The van der Waals surface area contributed by atoms with Crippen molar-refractivity contribution in [2.24, 2.45) is 0 Å². The molecule has 0 aliphatic carbocycles. The van der Waals surface area contributed by atoms with Crippen LogP contribution in [0.4, 0.5) is 11.4 Å². The molecule has 98 valence electrons. The minimum absolute atomic E-state index is 0.119. The number of amides is 1. The molecule has 1 aromatic rings. The van der Waals surface area contributed by atoms with E-state index in [0.717, 1.165) is 16.9 Å². The smallest absolute Gasteiger partial charge is 0.248 e. The summed E-state index contributed by atoms with van der Waals surface area (Å²) in [7, 11) is 1.91. The first-order chi connectivity index (χ1) is 8.52. The van der Waals surface area contributed by atoms with Gasteiger partial charge in [0, 0.05) is 31.0 Å². The minimum atomic E-state index is -0.119. The molecule has 4 heteroatoms. The summed E-state index contributed by atoms with van der Waals surface area (Å²) in [6.07, 6.45) is 1.56. The molecule has 18 heavy (non-hydrogen) atoms. The molecule has 0 saturated heterocycles. The molecule has 1 aromatic carbocycles. The Balaban J connectivity index is 2.66. The van der Waals surface area contributed by atoms with Crippen molar-refractivity contribution in [1.29, 1.82) is 0 Å². The van der Waals surface area contributed by atoms with Gasteiger partial charge in [0.1, 0.15) is 0 Å². The van der Waals surface area contributed by atoms with E-state index in [-0.39, 0.29) is 12.5 Å². The zero-order chi connectivity index (χ0) is 13.5. The number of aliphatic hydroxyl groups excluding tert-OH is 1. The Labute approximate surface area is 108 Å². The average Bonchev–Trinajstić information content (AvgIpc) is 2.29. The Bertz CT molecular complexity index is 420. The van der Waals surface area contributed by atoms with Gasteiger partial charge in [0.25, 0.3) is 0 Å². The molecule has 0 atom stereocenters. The van der Waals surface area contributed by atoms with Crippen LogP contribution in [0.5, 0.6) is 0 Å². The van der Waals surface area contributed by atoms with E-state index >= 15 is 0 Å². The number of nitrogens with one attached hydrogen (secondary N) is 1. The predicted octanol–water partition coefficient (Wildman–Crippen LogP) is 2.02. The zero-order valence-electron chi connectivity index (χ0n) is 11.1. The molecule has 0 unspecified atom stereocenters. The Morgan fingerprint density at radius 3 is 2.44 bits per heavy atom. The Morgan fingerprint density at radius 1 is 1.33 bits per heavy atom. The highest BCUT2D eigenvalue weighted by atomic mass is 16.3. The maximum atomic E-state index is 11.5. The first-order valence-corrected chi connectivity index (χ1v) is 5.91. The van der Waals surface area contributed by atoms with Gasteiger partial charge >= 0.3 is 0 Å². The van der Waals surface area contributed by atoms with Gasteiger partial charge in [-0.1, -0.05) is 5.57 Å². The van der Waals surface area contributed by atoms with Crippen molar-refractivity contribution in [3.8, 4) is 0 Å². The molecule has 0 saturated carbocycles. The highest BCUT2D eigenvalue weighted by Crippen LogP contribution is 2.16. The highest BCUT2D eigenvalue weighted by Gasteiger charge is 2.01. The monoisotopic (exact) mass is 248 g/mol. The lowest BCUT2D eigenvalue weighted by molar-refractivity contribution is -0.111. The van der Waals surface area contributed by atoms with Gasteiger partial charge in [0.15, 0.2) is 0 Å². The van der Waals surface area contributed by atoms with Crippen molar-refractivity contribution in [2.75, 3.05) is 30.4 Å². The second-order valence-corrected chi connectivity index (χ2v) is 4.40. The second kappa shape index (κ2) is 6.81. The summed E-state index contributed by atoms with van der Waals surface area (Å²) in [4.78, 5) is 13.5. The third kappa shape index (κ3) is 4.59. The standard InChI is InChI=1S/C14H20N2O2/c1-11(2)10-14(18)15-12-4-6-13(7-5-12)16(3)8-9-17/h4-7,10,17H,8-9H2,1-3H3,(H,15,18). The third-order valence-electron chi connectivity index (χ3n) is 2.43. The van der Waals surface area contributed by atoms with Crippen LogP contribution in [-0.4, -0.2) is 31.2 Å². The maximum Gasteiger partial charge on any atom is 0.248 e. The SMILES string of the molecule is CC(C)=CC(=O)Nc1ccc(N(C)CCO)cc1. The maximum absolute atomic E-state index is 11.5. The lowest BCUT2D eigenvalue weighted by atomic mass is 10.2. The number of anilines is 2. The summed E-state index contributed by atoms with van der Waals surface area (Å²) in [5.41, 5.74) is 2.73. The van der Waals surface area contributed by atoms with Gasteiger partial charge in [-0.2, -0.15) is 0 Å². The molecule has 4 nitrogen and oxygen atoms in total. The summed E-state index contributed by atoms with van der Waals surface area (Å²) in [5, 5.41) is 11.6. The van der Waals surface area contributed by atoms with E-state index in [4.69, 9.17) is 5.11 Å². The van der Waals surface area contributed by atoms with Gasteiger partial charge in [-0.3, -0.25) is 4.79 Å². The fourth-order valence-corrected chi connectivity index (χ4v) is 1.52. The fraction of sp³-hybridized carbons (Fsp3) is 0.357. The van der Waals surface area contributed by atoms with Crippen LogP contribution in [-0.2, 0) is 4.79 Å². The van der Waals surface area contributed by atoms with E-state index in [0.29, 0.717) is 6.54 Å². The highest BCUT2D eigenvalue weighted by molar-refractivity contribution is 5.99. The number of rotatable bonds is 5. The minimum Gasteiger partial charge on any atom is -0.395 e. The molecule has 1 amide bonds. The number of likely N-dealkylation sites (N-methyl/N-ethyl adjacent to an activating group) is 1. The topological polar surface area (TPSA) is 52.6 Å². The van der Waals surface area contributed by atoms with Crippen molar-refractivity contribution < 1.29 is 9.90 Å². The van der Waals surface area contributed by atoms with Crippen molar-refractivity contribution in [3.63, 3.8) is 0 Å². The molecule has 1 rings (SSSR count). The Morgan fingerprint density at radius 2 is 1.94 bits per heavy atom. The number of nitrogens with zero attached hydrogens (tertiary/aromatic N) is 1. The molecule has 0 heterocycles. The number of aliphatic hydroxyl groups is 1. The molecule has 0 aromatic heterocycles. The lowest BCUT2D eigenvalue weighted by Gasteiger charge is -2.18. The summed E-state index contributed by atoms with van der Waals surface area (Å²) in [5.74, 6) is -0.119. The number of hydrogen-bond acceptors (Lipinski definition) is 3. The van der Waals surface area contributed by atoms with Gasteiger partial charge in [-0.15, -0.1) is 0 Å². The normalized spacial score (nSPS) is 9.78. The van der Waals surface area contributed by atoms with E-state index in [1.54, 1.807) is 6.08 Å². The molecular formula is C14H20N2O2. The van der Waals surface area contributed by atoms with Crippen LogP contribution in [0, 0.1) is 0 Å². The zero-order valence-corrected chi connectivity index (χ0v) is 11.1. The van der Waals surface area contributed by atoms with E-state index in [1.165, 1.54) is 0 Å². The average molecular weight is 248 g/mol. The summed E-state index contributed by atoms with van der Waals surface area (Å²) >= 11 is 0. The molecule has 0 radical (unpaired) electrons. The van der Waals surface area contributed by atoms with Gasteiger partial charge in [-0.25, -0.2) is 0 Å². The number of hydrogen-bond donors (Lipinski definition) is 2. The number of benzene rings is 1. The quantitative estimate of drug-likeness (QED) is 0.784. The van der Waals surface area contributed by atoms with Crippen LogP contribution in [0.25, 0.3) is 0 Å². The van der Waals surface area contributed by atoms with Crippen LogP contribution in [0.1, 0.15) is 13.8 Å². The van der Waals surface area contributed by atoms with Crippen LogP contribution in [0.2, 0.25) is 0 Å². The van der Waals surface area contributed by atoms with Crippen LogP contribution in [0.15, 0.2) is 35.9 Å². The van der Waals surface area contributed by atoms with E-state index in [1.807, 2.05) is 50.1 Å². The van der Waals surface area contributed by atoms with Crippen LogP contribution < -0.4 is 10.2 Å². The molecule has 0 bridgehead atoms. The first kappa shape index (κ1) is 14.3. The summed E-state index contributed by atoms with van der Waals surface area (Å²) in [6.45, 7) is 4.47. The molecular weight excluding hydrogens is 228 g/mol. The van der Waals surface area contributed by atoms with Crippen molar-refractivity contribution in [3.05, 3.63) is 35.9 Å². The van der Waals surface area contributed by atoms with Gasteiger partial charge in [0.2, 0.25) is 5.91 Å². The summed E-state index contributed by atoms with van der Waals surface area (Å²) < 4.78 is 0. The molecule has 2 N–H and O–H groups in total. The van der Waals surface area contributed by atoms with E-state index < -0.39 is 0 Å². The van der Waals surface area contributed by atoms with E-state index in [2.05, 4.69) is 5.32 Å². The number of allylic oxidation sites excluding steroid dienone is 1. The van der Waals surface area contributed by atoms with Crippen LogP contribution in [0.3, 0.4) is 0 Å². The third-order valence-corrected chi connectivity index (χ3v) is 2.43. The van der Waals surface area contributed by atoms with Crippen molar-refractivity contribution in [2.45, 2.75) is 13.8 Å². The van der Waals surface area contributed by atoms with Gasteiger partial charge in [0.05, 0.1) is 6.61 Å². The van der Waals surface area contributed by atoms with Crippen molar-refractivity contribution in [1.82, 2.24) is 0 Å². The second-order valence-electron chi connectivity index (χ2n) is 4.40. The van der Waals surface area contributed by atoms with Crippen molar-refractivity contribution >= 4 is 17.3 Å². The van der Waals surface area contributed by atoms with Gasteiger partial charge < -0.3 is 15.3 Å². The number of carbonyl (C=O) groups excluding carboxylic acids is 1. The summed E-state index contributed by atoms with van der Waals surface area (Å²) in [6, 6.07) is 7.52. The lowest BCUT2D eigenvalue weighted by Crippen LogP contribution is -2.21. The van der Waals surface area contributed by atoms with E-state index in [9.17, 15) is 4.79 Å². The first-order valence-electron chi connectivity index (χ1n) is 5.91. The predicted molar refractivity (Wildman–Crippen MR) is 74.9 cm³/mol. The molecule has 0 aliphatic heterocycles. The Hall–Kier alpha value is -1.81.